The fourth-order valence-electron chi connectivity index (χ4n) is 0.946. The van der Waals surface area contributed by atoms with E-state index in [0.717, 1.165) is 0 Å². The van der Waals surface area contributed by atoms with Crippen LogP contribution in [0.5, 0.6) is 0 Å². The molecule has 0 aliphatic heterocycles. The number of hydrogen-bond acceptors (Lipinski definition) is 3. The van der Waals surface area contributed by atoms with E-state index < -0.39 is 27.3 Å². The van der Waals surface area contributed by atoms with Crippen LogP contribution < -0.4 is 10.2 Å². The minimum Gasteiger partial charge on any atom is -0.474 e. The van der Waals surface area contributed by atoms with E-state index in [1.807, 2.05) is 0 Å². The molecule has 0 rings (SSSR count). The van der Waals surface area contributed by atoms with Gasteiger partial charge in [-0.1, -0.05) is 0 Å². The van der Waals surface area contributed by atoms with Crippen LogP contribution in [-0.4, -0.2) is 28.6 Å². The van der Waals surface area contributed by atoms with Gasteiger partial charge in [0.2, 0.25) is 0 Å². The first kappa shape index (κ1) is 15.6. The lowest BCUT2D eigenvalue weighted by molar-refractivity contribution is -0.134. The number of carboxylic acids is 1. The van der Waals surface area contributed by atoms with E-state index in [-0.39, 0.29) is 12.1 Å². The smallest absolute Gasteiger partial charge is 0.474 e. The maximum atomic E-state index is 11.7. The van der Waals surface area contributed by atoms with Gasteiger partial charge in [0.25, 0.3) is 0 Å². The van der Waals surface area contributed by atoms with Gasteiger partial charge in [0.1, 0.15) is 0 Å². The van der Waals surface area contributed by atoms with E-state index >= 15 is 0 Å². The van der Waals surface area contributed by atoms with Crippen LogP contribution in [0.15, 0.2) is 0 Å². The molecule has 16 heavy (non-hydrogen) atoms. The van der Waals surface area contributed by atoms with Gasteiger partial charge in [-0.25, -0.2) is 4.79 Å². The lowest BCUT2D eigenvalue weighted by Crippen LogP contribution is -2.27. The van der Waals surface area contributed by atoms with Gasteiger partial charge in [-0.2, -0.15) is 0 Å². The minimum absolute atomic E-state index is 0.118. The zero-order valence-electron chi connectivity index (χ0n) is 9.80. The van der Waals surface area contributed by atoms with Crippen LogP contribution in [0.3, 0.4) is 0 Å². The molecule has 0 aromatic rings. The van der Waals surface area contributed by atoms with Gasteiger partial charge < -0.3 is 5.11 Å². The van der Waals surface area contributed by atoms with Crippen LogP contribution in [-0.2, 0) is 13.9 Å². The van der Waals surface area contributed by atoms with Gasteiger partial charge in [0, 0.05) is 12.1 Å². The van der Waals surface area contributed by atoms with Gasteiger partial charge in [-0.05, 0) is 36.8 Å². The number of rotatable bonds is 7. The van der Waals surface area contributed by atoms with Crippen LogP contribution >= 0.6 is 15.9 Å². The quantitative estimate of drug-likeness (QED) is 0.610. The van der Waals surface area contributed by atoms with Gasteiger partial charge in [-0.3, -0.25) is 0 Å². The number of hydrogen-bond donors (Lipinski definition) is 3. The molecule has 0 radical (unpaired) electrons. The maximum Gasteiger partial charge on any atom is 0.502 e. The molecule has 0 aliphatic carbocycles. The molecule has 0 heterocycles. The molecule has 2 unspecified atom stereocenters. The topological polar surface area (TPSA) is 95.5 Å². The Balaban J connectivity index is 4.67. The molecule has 8 heteroatoms. The fourth-order valence-corrected chi connectivity index (χ4v) is 3.81. The second kappa shape index (κ2) is 7.02. The first-order valence-electron chi connectivity index (χ1n) is 4.93. The molecule has 0 aliphatic rings. The molecule has 0 aromatic heterocycles. The molecule has 3 N–H and O–H groups in total. The molecule has 0 aromatic carbocycles. The summed E-state index contributed by atoms with van der Waals surface area (Å²) in [6.07, 6.45) is 0. The molecule has 0 amide bonds. The Hall–Kier alpha value is -0.410. The molecule has 6 nitrogen and oxygen atoms in total. The minimum atomic E-state index is -2.24. The van der Waals surface area contributed by atoms with Gasteiger partial charge in [0.05, 0.1) is 0 Å². The Kier molecular flexibility index (Phi) is 6.84. The van der Waals surface area contributed by atoms with Crippen molar-refractivity contribution in [1.82, 2.24) is 10.2 Å². The van der Waals surface area contributed by atoms with Crippen molar-refractivity contribution >= 4 is 21.9 Å². The number of nitrogens with one attached hydrogen (secondary N) is 2. The van der Waals surface area contributed by atoms with Gasteiger partial charge in [-0.15, -0.1) is 10.2 Å². The van der Waals surface area contributed by atoms with Crippen LogP contribution in [0.4, 0.5) is 0 Å². The van der Waals surface area contributed by atoms with Crippen molar-refractivity contribution in [2.45, 2.75) is 45.2 Å². The predicted octanol–water partition coefficient (Wildman–Crippen LogP) is 1.88. The summed E-state index contributed by atoms with van der Waals surface area (Å²) >= 11 is 0. The monoisotopic (exact) mass is 268 g/mol. The normalized spacial score (nSPS) is 15.1. The average Bonchev–Trinajstić information content (AvgIpc) is 1.98. The summed E-state index contributed by atoms with van der Waals surface area (Å²) in [6.45, 7) is 6.98. The summed E-state index contributed by atoms with van der Waals surface area (Å²) in [5, 5.41) is 12.7. The Morgan fingerprint density at radius 2 is 1.31 bits per heavy atom. The molecule has 0 bridgehead atoms. The number of aliphatic carboxylic acids is 1. The highest BCUT2D eigenvalue weighted by Gasteiger charge is 2.55. The first-order valence-corrected chi connectivity index (χ1v) is 7.59. The SMILES string of the molecule is CC(C)N[P+](=O)C(C(=O)O)[P+](=O)NC(C)C. The summed E-state index contributed by atoms with van der Waals surface area (Å²) in [6, 6.07) is -0.235. The Morgan fingerprint density at radius 3 is 1.50 bits per heavy atom. The summed E-state index contributed by atoms with van der Waals surface area (Å²) in [4.78, 5) is 10.9. The van der Waals surface area contributed by atoms with Crippen molar-refractivity contribution in [1.29, 1.82) is 0 Å². The Bertz CT molecular complexity index is 272. The third-order valence-corrected chi connectivity index (χ3v) is 5.57. The van der Waals surface area contributed by atoms with Crippen molar-refractivity contribution in [2.24, 2.45) is 0 Å². The zero-order chi connectivity index (χ0) is 12.9. The Labute approximate surface area is 96.9 Å². The van der Waals surface area contributed by atoms with E-state index in [9.17, 15) is 13.9 Å². The summed E-state index contributed by atoms with van der Waals surface area (Å²) < 4.78 is 23.3. The van der Waals surface area contributed by atoms with Crippen LogP contribution in [0.25, 0.3) is 0 Å². The highest BCUT2D eigenvalue weighted by Crippen LogP contribution is 2.40. The van der Waals surface area contributed by atoms with Crippen LogP contribution in [0, 0.1) is 0 Å². The fraction of sp³-hybridized carbons (Fsp3) is 0.875. The van der Waals surface area contributed by atoms with Crippen molar-refractivity contribution < 1.29 is 19.0 Å². The van der Waals surface area contributed by atoms with Crippen molar-refractivity contribution in [3.63, 3.8) is 0 Å². The van der Waals surface area contributed by atoms with E-state index in [1.54, 1.807) is 27.7 Å². The van der Waals surface area contributed by atoms with E-state index in [4.69, 9.17) is 5.11 Å². The predicted molar refractivity (Wildman–Crippen MR) is 63.2 cm³/mol. The van der Waals surface area contributed by atoms with Crippen molar-refractivity contribution in [3.8, 4) is 0 Å². The molecule has 2 atom stereocenters. The molecule has 0 spiro atoms. The van der Waals surface area contributed by atoms with Gasteiger partial charge >= 0.3 is 27.3 Å². The first-order chi connectivity index (χ1) is 7.25. The lowest BCUT2D eigenvalue weighted by Gasteiger charge is -1.99. The van der Waals surface area contributed by atoms with Gasteiger partial charge in [0.15, 0.2) is 0 Å². The van der Waals surface area contributed by atoms with Crippen molar-refractivity contribution in [3.05, 3.63) is 0 Å². The van der Waals surface area contributed by atoms with Crippen LogP contribution in [0.1, 0.15) is 27.7 Å². The molecule has 92 valence electrons. The number of carbonyl (C=O) groups is 1. The third kappa shape index (κ3) is 5.61. The highest BCUT2D eigenvalue weighted by atomic mass is 31.2. The van der Waals surface area contributed by atoms with E-state index in [0.29, 0.717) is 0 Å². The summed E-state index contributed by atoms with van der Waals surface area (Å²) in [5.74, 6) is -1.32. The standard InChI is InChI=1S/C8H16N2O4P2/c1-5(2)9-15(13)8(7(11)12)16(14)10-6(3)4/h5-6,8H,1-4H3,(H-2,9,10,11,12,13,14)/p+2. The molecule has 0 saturated heterocycles. The second-order valence-corrected chi connectivity index (χ2v) is 7.19. The molecular formula is C8H18N2O4P2+2. The maximum absolute atomic E-state index is 11.7. The van der Waals surface area contributed by atoms with Crippen LogP contribution in [0.2, 0.25) is 0 Å². The summed E-state index contributed by atoms with van der Waals surface area (Å²) in [7, 11) is -4.48. The molecular weight excluding hydrogens is 250 g/mol. The Morgan fingerprint density at radius 1 is 1.00 bits per heavy atom. The molecule has 0 fully saturated rings. The lowest BCUT2D eigenvalue weighted by atomic mass is 10.4. The van der Waals surface area contributed by atoms with Crippen molar-refractivity contribution in [2.75, 3.05) is 0 Å². The largest absolute Gasteiger partial charge is 0.502 e. The second-order valence-electron chi connectivity index (χ2n) is 3.93. The molecule has 0 saturated carbocycles. The average molecular weight is 268 g/mol. The summed E-state index contributed by atoms with van der Waals surface area (Å²) in [5.41, 5.74) is 0. The van der Waals surface area contributed by atoms with E-state index in [1.165, 1.54) is 0 Å². The third-order valence-electron chi connectivity index (χ3n) is 1.44. The zero-order valence-corrected chi connectivity index (χ0v) is 11.6. The number of carboxylic acid groups (broad SMARTS) is 1. The highest BCUT2D eigenvalue weighted by molar-refractivity contribution is 7.63. The van der Waals surface area contributed by atoms with E-state index in [2.05, 4.69) is 10.2 Å².